The molecular weight excluding hydrogens is 310 g/mol. The maximum atomic E-state index is 12.6. The predicted octanol–water partition coefficient (Wildman–Crippen LogP) is 0.961. The number of benzene rings is 2. The summed E-state index contributed by atoms with van der Waals surface area (Å²) in [5.74, 6) is 3.82. The Morgan fingerprint density at radius 2 is 1.45 bits per heavy atom. The highest BCUT2D eigenvalue weighted by atomic mass is 32.2. The van der Waals surface area contributed by atoms with Gasteiger partial charge in [-0.15, -0.1) is 0 Å². The van der Waals surface area contributed by atoms with Crippen molar-refractivity contribution < 1.29 is 27.4 Å². The van der Waals surface area contributed by atoms with Crippen LogP contribution in [0.5, 0.6) is 5.75 Å². The molecule has 22 heavy (non-hydrogen) atoms. The van der Waals surface area contributed by atoms with E-state index in [1.54, 1.807) is 0 Å². The average Bonchev–Trinajstić information content (AvgIpc) is 2.50. The van der Waals surface area contributed by atoms with E-state index in [4.69, 9.17) is 5.90 Å². The van der Waals surface area contributed by atoms with Gasteiger partial charge in [-0.2, -0.15) is 14.3 Å². The van der Waals surface area contributed by atoms with Crippen LogP contribution >= 0.6 is 0 Å². The molecule has 0 radical (unpaired) electrons. The van der Waals surface area contributed by atoms with Crippen LogP contribution in [0, 0.1) is 0 Å². The Bertz CT molecular complexity index is 932. The Hall–Kier alpha value is -2.55. The van der Waals surface area contributed by atoms with E-state index >= 15 is 0 Å². The van der Waals surface area contributed by atoms with Gasteiger partial charge >= 0.3 is 0 Å². The van der Waals surface area contributed by atoms with Gasteiger partial charge in [-0.1, -0.05) is 24.3 Å². The first kappa shape index (κ1) is 14.4. The van der Waals surface area contributed by atoms with E-state index in [-0.39, 0.29) is 28.0 Å². The van der Waals surface area contributed by atoms with Crippen molar-refractivity contribution in [3.05, 3.63) is 58.7 Å². The molecule has 1 aliphatic carbocycles. The second-order valence-corrected chi connectivity index (χ2v) is 6.00. The Labute approximate surface area is 125 Å². The largest absolute Gasteiger partial charge is 0.411 e. The van der Waals surface area contributed by atoms with Crippen molar-refractivity contribution >= 4 is 21.7 Å². The monoisotopic (exact) mass is 319 g/mol. The quantitative estimate of drug-likeness (QED) is 0.532. The predicted molar refractivity (Wildman–Crippen MR) is 74.4 cm³/mol. The third kappa shape index (κ3) is 1.93. The fourth-order valence-corrected chi connectivity index (χ4v) is 3.20. The van der Waals surface area contributed by atoms with Gasteiger partial charge in [0.2, 0.25) is 0 Å². The summed E-state index contributed by atoms with van der Waals surface area (Å²) in [5.41, 5.74) is -0.541. The van der Waals surface area contributed by atoms with Gasteiger partial charge in [-0.25, -0.2) is 0 Å². The standard InChI is InChI=1S/C14H9NO6S/c15-21-9-5-1-3-7-11(9)13(16)8-4-2-6-10(22(18,19)20)12(8)14(7)17/h1-6H,15H2,(H,18,19,20). The van der Waals surface area contributed by atoms with Gasteiger partial charge in [-0.05, 0) is 12.1 Å². The maximum absolute atomic E-state index is 12.6. The zero-order valence-corrected chi connectivity index (χ0v) is 11.8. The number of carbonyl (C=O) groups excluding carboxylic acids is 2. The maximum Gasteiger partial charge on any atom is 0.295 e. The molecule has 0 aromatic heterocycles. The number of rotatable bonds is 2. The first-order valence-corrected chi connectivity index (χ1v) is 7.50. The van der Waals surface area contributed by atoms with Gasteiger partial charge in [0.1, 0.15) is 4.90 Å². The minimum absolute atomic E-state index is 0.0127. The second kappa shape index (κ2) is 4.73. The number of ketones is 2. The Balaban J connectivity index is 2.39. The molecule has 0 unspecified atom stereocenters. The van der Waals surface area contributed by atoms with Gasteiger partial charge in [0, 0.05) is 11.1 Å². The van der Waals surface area contributed by atoms with Gasteiger partial charge in [-0.3, -0.25) is 14.1 Å². The molecule has 0 heterocycles. The van der Waals surface area contributed by atoms with E-state index in [2.05, 4.69) is 4.84 Å². The van der Waals surface area contributed by atoms with Crippen LogP contribution in [-0.4, -0.2) is 24.5 Å². The lowest BCUT2D eigenvalue weighted by atomic mass is 9.83. The van der Waals surface area contributed by atoms with Crippen molar-refractivity contribution in [1.82, 2.24) is 0 Å². The molecule has 7 nitrogen and oxygen atoms in total. The SMILES string of the molecule is NOc1cccc2c1C(=O)c1cccc(S(=O)(=O)O)c1C2=O. The molecule has 3 rings (SSSR count). The van der Waals surface area contributed by atoms with Crippen molar-refractivity contribution in [2.24, 2.45) is 5.90 Å². The normalized spacial score (nSPS) is 13.5. The molecule has 0 atom stereocenters. The van der Waals surface area contributed by atoms with Gasteiger partial charge < -0.3 is 4.84 Å². The molecule has 1 aliphatic rings. The van der Waals surface area contributed by atoms with Crippen molar-refractivity contribution in [3.63, 3.8) is 0 Å². The summed E-state index contributed by atoms with van der Waals surface area (Å²) in [6.45, 7) is 0. The van der Waals surface area contributed by atoms with Crippen LogP contribution in [0.1, 0.15) is 31.8 Å². The van der Waals surface area contributed by atoms with E-state index in [1.165, 1.54) is 30.3 Å². The molecule has 2 aromatic carbocycles. The van der Waals surface area contributed by atoms with Gasteiger partial charge in [0.25, 0.3) is 10.1 Å². The molecule has 3 N–H and O–H groups in total. The van der Waals surface area contributed by atoms with Gasteiger partial charge in [0.15, 0.2) is 17.3 Å². The summed E-state index contributed by atoms with van der Waals surface area (Å²) in [6, 6.07) is 7.87. The third-order valence-electron chi connectivity index (χ3n) is 3.40. The van der Waals surface area contributed by atoms with Gasteiger partial charge in [0.05, 0.1) is 11.1 Å². The molecule has 0 amide bonds. The lowest BCUT2D eigenvalue weighted by Crippen LogP contribution is -2.25. The summed E-state index contributed by atoms with van der Waals surface area (Å²) in [6.07, 6.45) is 0. The molecule has 2 aromatic rings. The first-order valence-electron chi connectivity index (χ1n) is 6.06. The van der Waals surface area contributed by atoms with Crippen LogP contribution in [0.3, 0.4) is 0 Å². The fraction of sp³-hybridized carbons (Fsp3) is 0. The lowest BCUT2D eigenvalue weighted by Gasteiger charge is -2.20. The lowest BCUT2D eigenvalue weighted by molar-refractivity contribution is 0.0973. The fourth-order valence-electron chi connectivity index (χ4n) is 2.49. The number of nitrogens with two attached hydrogens (primary N) is 1. The summed E-state index contributed by atoms with van der Waals surface area (Å²) in [4.78, 5) is 29.1. The van der Waals surface area contributed by atoms with Crippen LogP contribution in [-0.2, 0) is 10.1 Å². The molecule has 8 heteroatoms. The van der Waals surface area contributed by atoms with Crippen LogP contribution in [0.15, 0.2) is 41.3 Å². The van der Waals surface area contributed by atoms with E-state index in [9.17, 15) is 22.6 Å². The molecule has 0 bridgehead atoms. The van der Waals surface area contributed by atoms with Crippen LogP contribution in [0.25, 0.3) is 0 Å². The molecule has 0 spiro atoms. The third-order valence-corrected chi connectivity index (χ3v) is 4.30. The molecular formula is C14H9NO6S. The van der Waals surface area contributed by atoms with Crippen molar-refractivity contribution in [2.45, 2.75) is 4.90 Å². The van der Waals surface area contributed by atoms with E-state index < -0.39 is 26.6 Å². The van der Waals surface area contributed by atoms with Crippen LogP contribution < -0.4 is 10.7 Å². The Morgan fingerprint density at radius 1 is 0.909 bits per heavy atom. The summed E-state index contributed by atoms with van der Waals surface area (Å²) in [7, 11) is -4.65. The highest BCUT2D eigenvalue weighted by molar-refractivity contribution is 7.86. The second-order valence-electron chi connectivity index (χ2n) is 4.61. The van der Waals surface area contributed by atoms with E-state index in [0.29, 0.717) is 0 Å². The molecule has 0 fully saturated rings. The van der Waals surface area contributed by atoms with Crippen LogP contribution in [0.2, 0.25) is 0 Å². The van der Waals surface area contributed by atoms with Crippen molar-refractivity contribution in [3.8, 4) is 5.75 Å². The molecule has 0 saturated carbocycles. The molecule has 0 aliphatic heterocycles. The number of fused-ring (bicyclic) bond motifs is 2. The molecule has 0 saturated heterocycles. The van der Waals surface area contributed by atoms with E-state index in [1.807, 2.05) is 0 Å². The highest BCUT2D eigenvalue weighted by Gasteiger charge is 2.36. The zero-order valence-electron chi connectivity index (χ0n) is 10.9. The summed E-state index contributed by atoms with van der Waals surface area (Å²) >= 11 is 0. The minimum atomic E-state index is -4.65. The Morgan fingerprint density at radius 3 is 2.05 bits per heavy atom. The summed E-state index contributed by atoms with van der Waals surface area (Å²) < 4.78 is 32.1. The topological polar surface area (TPSA) is 124 Å². The van der Waals surface area contributed by atoms with Crippen molar-refractivity contribution in [2.75, 3.05) is 0 Å². The highest BCUT2D eigenvalue weighted by Crippen LogP contribution is 2.35. The zero-order chi connectivity index (χ0) is 16.1. The molecule has 112 valence electrons. The van der Waals surface area contributed by atoms with Crippen molar-refractivity contribution in [1.29, 1.82) is 0 Å². The van der Waals surface area contributed by atoms with E-state index in [0.717, 1.165) is 6.07 Å². The van der Waals surface area contributed by atoms with Crippen LogP contribution in [0.4, 0.5) is 0 Å². The Kier molecular flexibility index (Phi) is 3.10. The smallest absolute Gasteiger partial charge is 0.295 e. The number of carbonyl (C=O) groups is 2. The minimum Gasteiger partial charge on any atom is -0.411 e. The first-order chi connectivity index (χ1) is 10.4. The average molecular weight is 319 g/mol. The summed E-state index contributed by atoms with van der Waals surface area (Å²) in [5, 5.41) is 0. The number of hydrogen-bond donors (Lipinski definition) is 2. The number of hydrogen-bond acceptors (Lipinski definition) is 6.